The van der Waals surface area contributed by atoms with Gasteiger partial charge in [-0.25, -0.2) is 0 Å². The quantitative estimate of drug-likeness (QED) is 0.486. The molecule has 0 atom stereocenters. The van der Waals surface area contributed by atoms with Gasteiger partial charge in [-0.1, -0.05) is 20.4 Å². The van der Waals surface area contributed by atoms with Gasteiger partial charge in [-0.2, -0.15) is 0 Å². The van der Waals surface area contributed by atoms with Gasteiger partial charge in [-0.15, -0.1) is 0 Å². The summed E-state index contributed by atoms with van der Waals surface area (Å²) < 4.78 is 0. The lowest BCUT2D eigenvalue weighted by molar-refractivity contribution is -0.115. The van der Waals surface area contributed by atoms with Crippen LogP contribution in [0.2, 0.25) is 0 Å². The summed E-state index contributed by atoms with van der Waals surface area (Å²) in [5, 5.41) is 3.26. The minimum Gasteiger partial charge on any atom is -0.315 e. The molecule has 12 heavy (non-hydrogen) atoms. The zero-order valence-electron chi connectivity index (χ0n) is 8.31. The molecule has 2 heteroatoms. The number of hydrogen-bond donors (Lipinski definition) is 1. The van der Waals surface area contributed by atoms with Crippen molar-refractivity contribution < 1.29 is 4.79 Å². The highest BCUT2D eigenvalue weighted by Crippen LogP contribution is 1.98. The molecule has 0 aromatic rings. The Morgan fingerprint density at radius 1 is 1.50 bits per heavy atom. The topological polar surface area (TPSA) is 29.1 Å². The molecule has 0 aromatic carbocycles. The van der Waals surface area contributed by atoms with Crippen molar-refractivity contribution >= 4 is 5.78 Å². The number of rotatable bonds is 6. The van der Waals surface area contributed by atoms with Crippen LogP contribution in [-0.4, -0.2) is 18.4 Å². The average Bonchev–Trinajstić information content (AvgIpc) is 1.97. The second-order valence-corrected chi connectivity index (χ2v) is 3.42. The normalized spacial score (nSPS) is 10.3. The van der Waals surface area contributed by atoms with Crippen molar-refractivity contribution in [2.45, 2.75) is 39.7 Å². The van der Waals surface area contributed by atoms with Gasteiger partial charge in [0.25, 0.3) is 0 Å². The summed E-state index contributed by atoms with van der Waals surface area (Å²) in [5.74, 6) is 0.181. The SMILES string of the molecule is C=C(C)C(=O)CCCNC(C)C. The molecule has 0 bridgehead atoms. The van der Waals surface area contributed by atoms with Crippen molar-refractivity contribution in [3.8, 4) is 0 Å². The van der Waals surface area contributed by atoms with Crippen molar-refractivity contribution in [3.05, 3.63) is 12.2 Å². The molecule has 0 fully saturated rings. The van der Waals surface area contributed by atoms with E-state index >= 15 is 0 Å². The Morgan fingerprint density at radius 3 is 2.50 bits per heavy atom. The largest absolute Gasteiger partial charge is 0.315 e. The molecular weight excluding hydrogens is 150 g/mol. The number of nitrogens with one attached hydrogen (secondary N) is 1. The first-order valence-corrected chi connectivity index (χ1v) is 4.46. The minimum atomic E-state index is 0.181. The number of carbonyl (C=O) groups is 1. The lowest BCUT2D eigenvalue weighted by Gasteiger charge is -2.06. The van der Waals surface area contributed by atoms with E-state index in [2.05, 4.69) is 25.7 Å². The summed E-state index contributed by atoms with van der Waals surface area (Å²) in [6, 6.07) is 0.505. The van der Waals surface area contributed by atoms with Crippen LogP contribution in [0, 0.1) is 0 Å². The van der Waals surface area contributed by atoms with Gasteiger partial charge in [0.05, 0.1) is 0 Å². The molecule has 0 heterocycles. The van der Waals surface area contributed by atoms with E-state index in [1.165, 1.54) is 0 Å². The summed E-state index contributed by atoms with van der Waals surface area (Å²) >= 11 is 0. The summed E-state index contributed by atoms with van der Waals surface area (Å²) in [5.41, 5.74) is 0.666. The van der Waals surface area contributed by atoms with Crippen LogP contribution >= 0.6 is 0 Å². The zero-order valence-corrected chi connectivity index (χ0v) is 8.31. The fourth-order valence-corrected chi connectivity index (χ4v) is 0.853. The number of allylic oxidation sites excluding steroid dienone is 1. The second-order valence-electron chi connectivity index (χ2n) is 3.42. The smallest absolute Gasteiger partial charge is 0.158 e. The lowest BCUT2D eigenvalue weighted by atomic mass is 10.1. The van der Waals surface area contributed by atoms with Gasteiger partial charge in [0, 0.05) is 12.5 Å². The molecule has 0 saturated heterocycles. The predicted molar refractivity (Wildman–Crippen MR) is 52.2 cm³/mol. The molecular formula is C10H19NO. The summed E-state index contributed by atoms with van der Waals surface area (Å²) in [6.45, 7) is 10.5. The van der Waals surface area contributed by atoms with Gasteiger partial charge in [0.2, 0.25) is 0 Å². The molecule has 0 aliphatic carbocycles. The van der Waals surface area contributed by atoms with Crippen molar-refractivity contribution in [2.24, 2.45) is 0 Å². The highest BCUT2D eigenvalue weighted by Gasteiger charge is 2.01. The van der Waals surface area contributed by atoms with Crippen molar-refractivity contribution in [2.75, 3.05) is 6.54 Å². The molecule has 0 radical (unpaired) electrons. The van der Waals surface area contributed by atoms with E-state index in [0.717, 1.165) is 13.0 Å². The monoisotopic (exact) mass is 169 g/mol. The highest BCUT2D eigenvalue weighted by atomic mass is 16.1. The van der Waals surface area contributed by atoms with Crippen molar-refractivity contribution in [1.29, 1.82) is 0 Å². The molecule has 70 valence electrons. The molecule has 1 N–H and O–H groups in total. The maximum Gasteiger partial charge on any atom is 0.158 e. The molecule has 0 aromatic heterocycles. The van der Waals surface area contributed by atoms with Crippen LogP contribution < -0.4 is 5.32 Å². The number of carbonyl (C=O) groups excluding carboxylic acids is 1. The van der Waals surface area contributed by atoms with Crippen LogP contribution in [0.1, 0.15) is 33.6 Å². The number of ketones is 1. The van der Waals surface area contributed by atoms with E-state index in [1.54, 1.807) is 6.92 Å². The Hall–Kier alpha value is -0.630. The molecule has 0 aliphatic rings. The Morgan fingerprint density at radius 2 is 2.08 bits per heavy atom. The third kappa shape index (κ3) is 6.10. The van der Waals surface area contributed by atoms with Crippen LogP contribution in [0.4, 0.5) is 0 Å². The first kappa shape index (κ1) is 11.4. The molecule has 0 aliphatic heterocycles. The van der Waals surface area contributed by atoms with Gasteiger partial charge in [-0.3, -0.25) is 4.79 Å². The van der Waals surface area contributed by atoms with Crippen LogP contribution in [0.5, 0.6) is 0 Å². The first-order valence-electron chi connectivity index (χ1n) is 4.46. The van der Waals surface area contributed by atoms with Crippen molar-refractivity contribution in [3.63, 3.8) is 0 Å². The van der Waals surface area contributed by atoms with Gasteiger partial charge in [0.15, 0.2) is 5.78 Å². The lowest BCUT2D eigenvalue weighted by Crippen LogP contribution is -2.24. The fourth-order valence-electron chi connectivity index (χ4n) is 0.853. The molecule has 0 unspecified atom stereocenters. The van der Waals surface area contributed by atoms with Crippen molar-refractivity contribution in [1.82, 2.24) is 5.32 Å². The Bertz CT molecular complexity index is 161. The van der Waals surface area contributed by atoms with Crippen LogP contribution in [0.3, 0.4) is 0 Å². The average molecular weight is 169 g/mol. The number of Topliss-reactive ketones (excluding diaryl/α,β-unsaturated/α-hetero) is 1. The highest BCUT2D eigenvalue weighted by molar-refractivity contribution is 5.93. The maximum absolute atomic E-state index is 11.1. The zero-order chi connectivity index (χ0) is 9.56. The minimum absolute atomic E-state index is 0.181. The molecule has 0 rings (SSSR count). The van der Waals surface area contributed by atoms with E-state index in [1.807, 2.05) is 0 Å². The first-order chi connectivity index (χ1) is 5.54. The summed E-state index contributed by atoms with van der Waals surface area (Å²) in [4.78, 5) is 11.1. The summed E-state index contributed by atoms with van der Waals surface area (Å²) in [6.07, 6.45) is 1.53. The third-order valence-electron chi connectivity index (χ3n) is 1.61. The van der Waals surface area contributed by atoms with Gasteiger partial charge < -0.3 is 5.32 Å². The maximum atomic E-state index is 11.1. The predicted octanol–water partition coefficient (Wildman–Crippen LogP) is 1.91. The van der Waals surface area contributed by atoms with E-state index in [4.69, 9.17) is 0 Å². The molecule has 2 nitrogen and oxygen atoms in total. The standard InChI is InChI=1S/C10H19NO/c1-8(2)10(12)6-5-7-11-9(3)4/h9,11H,1,5-7H2,2-4H3. The Labute approximate surface area is 75.0 Å². The van der Waals surface area contributed by atoms with E-state index in [0.29, 0.717) is 18.0 Å². The number of hydrogen-bond acceptors (Lipinski definition) is 2. The second kappa shape index (κ2) is 5.95. The van der Waals surface area contributed by atoms with Crippen LogP contribution in [0.15, 0.2) is 12.2 Å². The van der Waals surface area contributed by atoms with E-state index < -0.39 is 0 Å². The third-order valence-corrected chi connectivity index (χ3v) is 1.61. The fraction of sp³-hybridized carbons (Fsp3) is 0.700. The van der Waals surface area contributed by atoms with E-state index in [-0.39, 0.29) is 5.78 Å². The Kier molecular flexibility index (Phi) is 5.64. The van der Waals surface area contributed by atoms with Gasteiger partial charge >= 0.3 is 0 Å². The van der Waals surface area contributed by atoms with Crippen LogP contribution in [0.25, 0.3) is 0 Å². The molecule has 0 spiro atoms. The van der Waals surface area contributed by atoms with Gasteiger partial charge in [0.1, 0.15) is 0 Å². The molecule has 0 amide bonds. The summed E-state index contributed by atoms with van der Waals surface area (Å²) in [7, 11) is 0. The van der Waals surface area contributed by atoms with Crippen LogP contribution in [-0.2, 0) is 4.79 Å². The Balaban J connectivity index is 3.32. The van der Waals surface area contributed by atoms with E-state index in [9.17, 15) is 4.79 Å². The van der Waals surface area contributed by atoms with Gasteiger partial charge in [-0.05, 0) is 25.5 Å². The molecule has 0 saturated carbocycles.